The van der Waals surface area contributed by atoms with Crippen LogP contribution in [0.5, 0.6) is 0 Å². The summed E-state index contributed by atoms with van der Waals surface area (Å²) in [5.74, 6) is -1.41. The molecule has 0 radical (unpaired) electrons. The topological polar surface area (TPSA) is 63.6 Å². The number of hydrogen-bond donors (Lipinski definition) is 1. The Morgan fingerprint density at radius 2 is 2.00 bits per heavy atom. The van der Waals surface area contributed by atoms with Crippen molar-refractivity contribution in [1.82, 2.24) is 0 Å². The molecule has 0 heterocycles. The van der Waals surface area contributed by atoms with Crippen LogP contribution in [0.2, 0.25) is 0 Å². The molecule has 12 heavy (non-hydrogen) atoms. The molecule has 0 atom stereocenters. The van der Waals surface area contributed by atoms with Crippen LogP contribution in [0.15, 0.2) is 0 Å². The van der Waals surface area contributed by atoms with Crippen LogP contribution in [0.1, 0.15) is 27.6 Å². The van der Waals surface area contributed by atoms with Gasteiger partial charge in [0, 0.05) is 0 Å². The Kier molecular flexibility index (Phi) is 10.9. The van der Waals surface area contributed by atoms with Crippen molar-refractivity contribution in [3.8, 4) is 0 Å². The van der Waals surface area contributed by atoms with Gasteiger partial charge in [0.05, 0.1) is 19.4 Å². The molecule has 5 heteroatoms. The number of carbonyl (C=O) groups excluding carboxylic acids is 1. The third-order valence-corrected chi connectivity index (χ3v) is 1.01. The van der Waals surface area contributed by atoms with E-state index in [0.717, 1.165) is 6.42 Å². The van der Waals surface area contributed by atoms with Crippen molar-refractivity contribution in [2.45, 2.75) is 26.2 Å². The van der Waals surface area contributed by atoms with Crippen molar-refractivity contribution in [3.63, 3.8) is 0 Å². The standard InChI is InChI=1S/C7H12O4.Na.H/c1-2-5-11-7(10)4-3-6(8)9;;/h2-5H2,1H3,(H,8,9);;/q;+1;-1. The minimum absolute atomic E-state index is 0. The van der Waals surface area contributed by atoms with Gasteiger partial charge in [0.1, 0.15) is 0 Å². The molecule has 4 nitrogen and oxygen atoms in total. The van der Waals surface area contributed by atoms with Crippen LogP contribution in [0, 0.1) is 0 Å². The predicted molar refractivity (Wildman–Crippen MR) is 39.2 cm³/mol. The van der Waals surface area contributed by atoms with E-state index >= 15 is 0 Å². The van der Waals surface area contributed by atoms with Gasteiger partial charge < -0.3 is 11.3 Å². The molecule has 0 aromatic heterocycles. The first-order chi connectivity index (χ1) is 5.16. The van der Waals surface area contributed by atoms with E-state index in [1.807, 2.05) is 6.92 Å². The zero-order chi connectivity index (χ0) is 8.69. The number of ether oxygens (including phenoxy) is 1. The molecule has 0 bridgehead atoms. The van der Waals surface area contributed by atoms with Gasteiger partial charge in [0.15, 0.2) is 0 Å². The van der Waals surface area contributed by atoms with E-state index in [4.69, 9.17) is 5.11 Å². The first kappa shape index (κ1) is 14.5. The number of hydrogen-bond acceptors (Lipinski definition) is 3. The van der Waals surface area contributed by atoms with Crippen LogP contribution in [-0.4, -0.2) is 23.7 Å². The van der Waals surface area contributed by atoms with Crippen LogP contribution in [0.3, 0.4) is 0 Å². The Bertz CT molecular complexity index is 151. The van der Waals surface area contributed by atoms with Crippen LogP contribution in [0.25, 0.3) is 0 Å². The quantitative estimate of drug-likeness (QED) is 0.393. The Balaban J connectivity index is -0.000000500. The molecule has 0 unspecified atom stereocenters. The molecule has 66 valence electrons. The average molecular weight is 184 g/mol. The van der Waals surface area contributed by atoms with E-state index in [1.165, 1.54) is 0 Å². The molecule has 1 N–H and O–H groups in total. The predicted octanol–water partition coefficient (Wildman–Crippen LogP) is -2.08. The van der Waals surface area contributed by atoms with Gasteiger partial charge >= 0.3 is 41.5 Å². The van der Waals surface area contributed by atoms with Gasteiger partial charge in [-0.25, -0.2) is 0 Å². The molecule has 0 aliphatic rings. The van der Waals surface area contributed by atoms with Gasteiger partial charge in [-0.3, -0.25) is 9.59 Å². The second kappa shape index (κ2) is 9.03. The number of carboxylic acid groups (broad SMARTS) is 1. The fraction of sp³-hybridized carbons (Fsp3) is 0.714. The van der Waals surface area contributed by atoms with E-state index in [-0.39, 0.29) is 43.8 Å². The molecule has 0 aromatic carbocycles. The zero-order valence-electron chi connectivity index (χ0n) is 8.50. The number of carbonyl (C=O) groups is 2. The normalized spacial score (nSPS) is 8.42. The molecule has 0 spiro atoms. The molecule has 0 fully saturated rings. The van der Waals surface area contributed by atoms with E-state index in [2.05, 4.69) is 4.74 Å². The summed E-state index contributed by atoms with van der Waals surface area (Å²) >= 11 is 0. The summed E-state index contributed by atoms with van der Waals surface area (Å²) in [4.78, 5) is 20.6. The fourth-order valence-electron chi connectivity index (χ4n) is 0.497. The molecule has 0 saturated heterocycles. The second-order valence-electron chi connectivity index (χ2n) is 2.11. The van der Waals surface area contributed by atoms with Crippen molar-refractivity contribution in [2.75, 3.05) is 6.61 Å². The Hall–Kier alpha value is -0.0600. The fourth-order valence-corrected chi connectivity index (χ4v) is 0.497. The van der Waals surface area contributed by atoms with Gasteiger partial charge in [-0.2, -0.15) is 0 Å². The second-order valence-corrected chi connectivity index (χ2v) is 2.11. The molecule has 0 aliphatic carbocycles. The van der Waals surface area contributed by atoms with E-state index in [1.54, 1.807) is 0 Å². The minimum Gasteiger partial charge on any atom is -1.00 e. The van der Waals surface area contributed by atoms with E-state index < -0.39 is 11.9 Å². The van der Waals surface area contributed by atoms with E-state index in [9.17, 15) is 9.59 Å². The third-order valence-electron chi connectivity index (χ3n) is 1.01. The average Bonchev–Trinajstić information content (AvgIpc) is 1.97. The smallest absolute Gasteiger partial charge is 1.00 e. The van der Waals surface area contributed by atoms with Crippen molar-refractivity contribution in [1.29, 1.82) is 0 Å². The van der Waals surface area contributed by atoms with Crippen molar-refractivity contribution < 1.29 is 50.4 Å². The minimum atomic E-state index is -0.974. The van der Waals surface area contributed by atoms with Crippen molar-refractivity contribution in [3.05, 3.63) is 0 Å². The summed E-state index contributed by atoms with van der Waals surface area (Å²) in [6.45, 7) is 2.25. The van der Waals surface area contributed by atoms with Crippen molar-refractivity contribution in [2.24, 2.45) is 0 Å². The van der Waals surface area contributed by atoms with Crippen LogP contribution >= 0.6 is 0 Å². The van der Waals surface area contributed by atoms with Crippen LogP contribution < -0.4 is 29.6 Å². The van der Waals surface area contributed by atoms with Crippen LogP contribution in [-0.2, 0) is 14.3 Å². The maximum Gasteiger partial charge on any atom is 1.00 e. The summed E-state index contributed by atoms with van der Waals surface area (Å²) in [7, 11) is 0. The van der Waals surface area contributed by atoms with E-state index in [0.29, 0.717) is 6.61 Å². The number of rotatable bonds is 5. The molecule has 0 rings (SSSR count). The molecular formula is C7H13NaO4. The van der Waals surface area contributed by atoms with Crippen molar-refractivity contribution >= 4 is 11.9 Å². The third kappa shape index (κ3) is 9.94. The number of aliphatic carboxylic acids is 1. The summed E-state index contributed by atoms with van der Waals surface area (Å²) in [6.07, 6.45) is 0.580. The van der Waals surface area contributed by atoms with Gasteiger partial charge in [0.25, 0.3) is 0 Å². The summed E-state index contributed by atoms with van der Waals surface area (Å²) < 4.78 is 4.64. The van der Waals surface area contributed by atoms with Gasteiger partial charge in [0.2, 0.25) is 0 Å². The molecule has 0 aromatic rings. The summed E-state index contributed by atoms with van der Waals surface area (Å²) in [5.41, 5.74) is 0. The maximum absolute atomic E-state index is 10.6. The number of carboxylic acids is 1. The van der Waals surface area contributed by atoms with Gasteiger partial charge in [-0.1, -0.05) is 6.92 Å². The first-order valence-electron chi connectivity index (χ1n) is 3.54. The summed E-state index contributed by atoms with van der Waals surface area (Å²) in [5, 5.41) is 8.18. The maximum atomic E-state index is 10.6. The van der Waals surface area contributed by atoms with Gasteiger partial charge in [-0.05, 0) is 6.42 Å². The molecule has 0 saturated carbocycles. The zero-order valence-corrected chi connectivity index (χ0v) is 9.50. The molecule has 0 aliphatic heterocycles. The summed E-state index contributed by atoms with van der Waals surface area (Å²) in [6, 6.07) is 0. The first-order valence-corrected chi connectivity index (χ1v) is 3.54. The Labute approximate surface area is 95.1 Å². The monoisotopic (exact) mass is 184 g/mol. The molecule has 0 amide bonds. The molecular weight excluding hydrogens is 171 g/mol. The number of esters is 1. The Morgan fingerprint density at radius 1 is 1.42 bits per heavy atom. The van der Waals surface area contributed by atoms with Crippen LogP contribution in [0.4, 0.5) is 0 Å². The largest absolute Gasteiger partial charge is 1.00 e. The van der Waals surface area contributed by atoms with Gasteiger partial charge in [-0.15, -0.1) is 0 Å². The SMILES string of the molecule is CCCOC(=O)CCC(=O)O.[H-].[Na+]. The Morgan fingerprint density at radius 3 is 2.42 bits per heavy atom.